The highest BCUT2D eigenvalue weighted by Crippen LogP contribution is 2.27. The Labute approximate surface area is 127 Å². The second kappa shape index (κ2) is 6.12. The van der Waals surface area contributed by atoms with Gasteiger partial charge in [-0.15, -0.1) is 5.10 Å². The van der Waals surface area contributed by atoms with E-state index in [0.29, 0.717) is 12.1 Å². The van der Waals surface area contributed by atoms with E-state index in [1.54, 1.807) is 19.7 Å². The summed E-state index contributed by atoms with van der Waals surface area (Å²) in [4.78, 5) is 20.2. The first-order valence-electron chi connectivity index (χ1n) is 7.27. The maximum atomic E-state index is 12.2. The number of aromatic nitrogens is 6. The fourth-order valence-electron chi connectivity index (χ4n) is 2.78. The molecule has 3 rings (SSSR count). The summed E-state index contributed by atoms with van der Waals surface area (Å²) in [6.45, 7) is 0. The average Bonchev–Trinajstić information content (AvgIpc) is 3.17. The van der Waals surface area contributed by atoms with Crippen LogP contribution in [0, 0.1) is 0 Å². The van der Waals surface area contributed by atoms with Crippen LogP contribution in [0.3, 0.4) is 0 Å². The molecule has 1 saturated carbocycles. The SMILES string of the molecule is COc1nc(C(=O)NC2CCC(n3cncn3)CC2)nn1C. The third kappa shape index (κ3) is 2.92. The van der Waals surface area contributed by atoms with Gasteiger partial charge in [0.05, 0.1) is 13.2 Å². The lowest BCUT2D eigenvalue weighted by molar-refractivity contribution is 0.0910. The van der Waals surface area contributed by atoms with Gasteiger partial charge in [0, 0.05) is 13.1 Å². The van der Waals surface area contributed by atoms with Crippen LogP contribution < -0.4 is 10.1 Å². The second-order valence-electron chi connectivity index (χ2n) is 5.40. The van der Waals surface area contributed by atoms with E-state index < -0.39 is 0 Å². The Hall–Kier alpha value is -2.45. The highest BCUT2D eigenvalue weighted by Gasteiger charge is 2.25. The molecule has 1 fully saturated rings. The predicted molar refractivity (Wildman–Crippen MR) is 76.3 cm³/mol. The number of nitrogens with zero attached hydrogens (tertiary/aromatic N) is 6. The number of carbonyl (C=O) groups is 1. The molecule has 22 heavy (non-hydrogen) atoms. The smallest absolute Gasteiger partial charge is 0.314 e. The molecule has 0 bridgehead atoms. The molecular weight excluding hydrogens is 286 g/mol. The van der Waals surface area contributed by atoms with Crippen molar-refractivity contribution in [1.29, 1.82) is 0 Å². The summed E-state index contributed by atoms with van der Waals surface area (Å²) < 4.78 is 8.35. The Morgan fingerprint density at radius 2 is 2.14 bits per heavy atom. The van der Waals surface area contributed by atoms with E-state index in [9.17, 15) is 4.79 Å². The van der Waals surface area contributed by atoms with E-state index in [4.69, 9.17) is 4.74 Å². The van der Waals surface area contributed by atoms with Crippen molar-refractivity contribution in [2.24, 2.45) is 7.05 Å². The van der Waals surface area contributed by atoms with Crippen LogP contribution in [0.1, 0.15) is 42.3 Å². The number of methoxy groups -OCH3 is 1. The van der Waals surface area contributed by atoms with Crippen molar-refractivity contribution in [1.82, 2.24) is 34.8 Å². The molecule has 118 valence electrons. The van der Waals surface area contributed by atoms with Gasteiger partial charge in [0.1, 0.15) is 12.7 Å². The number of amides is 1. The van der Waals surface area contributed by atoms with E-state index >= 15 is 0 Å². The Balaban J connectivity index is 1.54. The fourth-order valence-corrected chi connectivity index (χ4v) is 2.78. The summed E-state index contributed by atoms with van der Waals surface area (Å²) >= 11 is 0. The van der Waals surface area contributed by atoms with Crippen LogP contribution in [0.4, 0.5) is 0 Å². The summed E-state index contributed by atoms with van der Waals surface area (Å²) in [6, 6.07) is 0.825. The van der Waals surface area contributed by atoms with Gasteiger partial charge in [-0.1, -0.05) is 0 Å². The quantitative estimate of drug-likeness (QED) is 0.873. The molecule has 0 unspecified atom stereocenters. The Bertz CT molecular complexity index is 629. The molecule has 0 saturated heterocycles. The largest absolute Gasteiger partial charge is 0.467 e. The first kappa shape index (κ1) is 14.5. The van der Waals surface area contributed by atoms with Gasteiger partial charge in [-0.3, -0.25) is 4.79 Å². The molecule has 2 heterocycles. The molecule has 9 heteroatoms. The third-order valence-corrected chi connectivity index (χ3v) is 3.95. The maximum Gasteiger partial charge on any atom is 0.314 e. The van der Waals surface area contributed by atoms with Crippen LogP contribution >= 0.6 is 0 Å². The van der Waals surface area contributed by atoms with Crippen molar-refractivity contribution in [3.8, 4) is 6.01 Å². The van der Waals surface area contributed by atoms with E-state index in [1.807, 2.05) is 4.68 Å². The molecule has 2 aromatic heterocycles. The van der Waals surface area contributed by atoms with Crippen LogP contribution in [-0.4, -0.2) is 48.6 Å². The highest BCUT2D eigenvalue weighted by molar-refractivity contribution is 5.90. The summed E-state index contributed by atoms with van der Waals surface area (Å²) in [6.07, 6.45) is 7.03. The Morgan fingerprint density at radius 1 is 1.36 bits per heavy atom. The monoisotopic (exact) mass is 305 g/mol. The molecule has 0 atom stereocenters. The van der Waals surface area contributed by atoms with Crippen LogP contribution in [0.2, 0.25) is 0 Å². The number of rotatable bonds is 4. The van der Waals surface area contributed by atoms with Gasteiger partial charge in [0.25, 0.3) is 5.91 Å². The van der Waals surface area contributed by atoms with E-state index in [-0.39, 0.29) is 17.8 Å². The Kier molecular flexibility index (Phi) is 4.03. The van der Waals surface area contributed by atoms with Crippen LogP contribution in [0.25, 0.3) is 0 Å². The van der Waals surface area contributed by atoms with E-state index in [1.165, 1.54) is 11.8 Å². The number of hydrogen-bond donors (Lipinski definition) is 1. The minimum atomic E-state index is -0.261. The zero-order valence-corrected chi connectivity index (χ0v) is 12.6. The van der Waals surface area contributed by atoms with Gasteiger partial charge in [-0.25, -0.2) is 14.3 Å². The molecule has 0 aliphatic heterocycles. The zero-order chi connectivity index (χ0) is 15.5. The molecule has 1 aliphatic carbocycles. The lowest BCUT2D eigenvalue weighted by Gasteiger charge is -2.28. The predicted octanol–water partition coefficient (Wildman–Crippen LogP) is 0.329. The molecule has 9 nitrogen and oxygen atoms in total. The molecule has 0 radical (unpaired) electrons. The average molecular weight is 305 g/mol. The standard InChI is InChI=1S/C13H19N7O2/c1-19-13(22-2)17-11(18-19)12(21)16-9-3-5-10(6-4-9)20-8-14-7-15-20/h7-10H,3-6H2,1-2H3,(H,16,21). The van der Waals surface area contributed by atoms with E-state index in [2.05, 4.69) is 25.5 Å². The number of nitrogens with one attached hydrogen (secondary N) is 1. The van der Waals surface area contributed by atoms with Crippen LogP contribution in [0.5, 0.6) is 6.01 Å². The number of aryl methyl sites for hydroxylation is 1. The minimum Gasteiger partial charge on any atom is -0.467 e. The van der Waals surface area contributed by atoms with Crippen molar-refractivity contribution >= 4 is 5.91 Å². The summed E-state index contributed by atoms with van der Waals surface area (Å²) in [5.41, 5.74) is 0. The number of ether oxygens (including phenoxy) is 1. The first-order chi connectivity index (χ1) is 10.7. The van der Waals surface area contributed by atoms with Gasteiger partial charge in [-0.05, 0) is 25.7 Å². The molecule has 1 amide bonds. The van der Waals surface area contributed by atoms with Crippen LogP contribution in [-0.2, 0) is 7.05 Å². The Morgan fingerprint density at radius 3 is 2.73 bits per heavy atom. The number of carbonyl (C=O) groups excluding carboxylic acids is 1. The van der Waals surface area contributed by atoms with Crippen molar-refractivity contribution in [2.75, 3.05) is 7.11 Å². The molecule has 0 spiro atoms. The normalized spacial score (nSPS) is 21.5. The summed E-state index contributed by atoms with van der Waals surface area (Å²) in [7, 11) is 3.18. The molecule has 1 N–H and O–H groups in total. The van der Waals surface area contributed by atoms with Gasteiger partial charge >= 0.3 is 6.01 Å². The summed E-state index contributed by atoms with van der Waals surface area (Å²) in [5, 5.41) is 11.2. The summed E-state index contributed by atoms with van der Waals surface area (Å²) in [5.74, 6) is -0.124. The van der Waals surface area contributed by atoms with Gasteiger partial charge < -0.3 is 10.1 Å². The maximum absolute atomic E-state index is 12.2. The lowest BCUT2D eigenvalue weighted by Crippen LogP contribution is -2.38. The zero-order valence-electron chi connectivity index (χ0n) is 12.6. The molecule has 0 aromatic carbocycles. The highest BCUT2D eigenvalue weighted by atomic mass is 16.5. The molecule has 2 aromatic rings. The number of hydrogen-bond acceptors (Lipinski definition) is 6. The van der Waals surface area contributed by atoms with Crippen molar-refractivity contribution in [3.63, 3.8) is 0 Å². The third-order valence-electron chi connectivity index (χ3n) is 3.95. The van der Waals surface area contributed by atoms with Crippen molar-refractivity contribution < 1.29 is 9.53 Å². The minimum absolute atomic E-state index is 0.137. The fraction of sp³-hybridized carbons (Fsp3) is 0.615. The second-order valence-corrected chi connectivity index (χ2v) is 5.40. The van der Waals surface area contributed by atoms with E-state index in [0.717, 1.165) is 25.7 Å². The van der Waals surface area contributed by atoms with Gasteiger partial charge in [0.2, 0.25) is 5.82 Å². The first-order valence-corrected chi connectivity index (χ1v) is 7.27. The topological polar surface area (TPSA) is 99.8 Å². The van der Waals surface area contributed by atoms with Crippen LogP contribution in [0.15, 0.2) is 12.7 Å². The van der Waals surface area contributed by atoms with Crippen molar-refractivity contribution in [2.45, 2.75) is 37.8 Å². The van der Waals surface area contributed by atoms with Gasteiger partial charge in [0.15, 0.2) is 0 Å². The lowest BCUT2D eigenvalue weighted by atomic mass is 9.91. The molecular formula is C13H19N7O2. The molecule has 1 aliphatic rings. The van der Waals surface area contributed by atoms with Crippen molar-refractivity contribution in [3.05, 3.63) is 18.5 Å². The van der Waals surface area contributed by atoms with Gasteiger partial charge in [-0.2, -0.15) is 10.1 Å².